The summed E-state index contributed by atoms with van der Waals surface area (Å²) in [6, 6.07) is 52.5. The molecule has 4 heteroatoms. The van der Waals surface area contributed by atoms with E-state index in [1.54, 1.807) is 0 Å². The Morgan fingerprint density at radius 2 is 0.907 bits per heavy atom. The molecule has 0 unspecified atom stereocenters. The van der Waals surface area contributed by atoms with Crippen molar-refractivity contribution < 1.29 is 4.42 Å². The number of rotatable bonds is 3. The number of anilines is 6. The standard InChI is InChI=1S/C71H73BN2O/c1-42-33-60-63-61(34-42)74(58-39-54-51(66(2,3)27-30-69(54,8)9)36-49(58)43-19-15-14-16-20-43)59-40-55-53(68(6,7)29-31-70(55,10)11)38-57(59)72(63)65-64(50-37-52-56(41-62(50)75-65)71(12,13)32-28-67(52,4)5)73(60)46-26-25-45-24-23-44-21-17-18-22-47(44)48(45)35-46/h14-26,33-41H,27-32H2,1-13H3. The number of hydrogen-bond donors (Lipinski definition) is 0. The topological polar surface area (TPSA) is 19.6 Å². The predicted octanol–water partition coefficient (Wildman–Crippen LogP) is 17.8. The van der Waals surface area contributed by atoms with Crippen LogP contribution in [-0.2, 0) is 32.5 Å². The number of aryl methyl sites for hydroxylation is 1. The lowest BCUT2D eigenvalue weighted by Crippen LogP contribution is -2.61. The normalized spacial score (nSPS) is 19.8. The molecule has 5 aliphatic rings. The van der Waals surface area contributed by atoms with E-state index in [2.05, 4.69) is 233 Å². The molecule has 0 fully saturated rings. The quantitative estimate of drug-likeness (QED) is 0.130. The van der Waals surface area contributed by atoms with Crippen molar-refractivity contribution in [3.63, 3.8) is 0 Å². The average Bonchev–Trinajstić information content (AvgIpc) is 3.77. The molecule has 0 radical (unpaired) electrons. The minimum Gasteiger partial charge on any atom is -0.468 e. The Kier molecular flexibility index (Phi) is 9.60. The number of fused-ring (bicyclic) bond motifs is 12. The van der Waals surface area contributed by atoms with Gasteiger partial charge in [-0.3, -0.25) is 0 Å². The zero-order chi connectivity index (χ0) is 52.1. The Balaban J connectivity index is 1.15. The third kappa shape index (κ3) is 6.72. The van der Waals surface area contributed by atoms with Crippen LogP contribution in [0.1, 0.15) is 161 Å². The highest BCUT2D eigenvalue weighted by molar-refractivity contribution is 7.00. The van der Waals surface area contributed by atoms with Crippen LogP contribution in [0.5, 0.6) is 0 Å². The van der Waals surface area contributed by atoms with Crippen LogP contribution in [0.25, 0.3) is 43.6 Å². The molecule has 0 N–H and O–H groups in total. The largest absolute Gasteiger partial charge is 0.468 e. The van der Waals surface area contributed by atoms with E-state index >= 15 is 0 Å². The van der Waals surface area contributed by atoms with Gasteiger partial charge in [0.15, 0.2) is 0 Å². The molecule has 376 valence electrons. The second kappa shape index (κ2) is 15.3. The summed E-state index contributed by atoms with van der Waals surface area (Å²) >= 11 is 0. The molecule has 3 nitrogen and oxygen atoms in total. The molecule has 0 spiro atoms. The summed E-state index contributed by atoms with van der Waals surface area (Å²) in [5.41, 5.74) is 24.7. The molecule has 3 aliphatic carbocycles. The minimum atomic E-state index is -0.154. The molecular formula is C71H73BN2O. The van der Waals surface area contributed by atoms with Crippen molar-refractivity contribution in [1.82, 2.24) is 0 Å². The van der Waals surface area contributed by atoms with Crippen molar-refractivity contribution in [2.45, 2.75) is 161 Å². The summed E-state index contributed by atoms with van der Waals surface area (Å²) in [6.45, 7) is 31.8. The maximum atomic E-state index is 7.80. The fourth-order valence-electron chi connectivity index (χ4n) is 15.0. The smallest absolute Gasteiger partial charge is 0.297 e. The van der Waals surface area contributed by atoms with E-state index in [1.807, 2.05) is 0 Å². The van der Waals surface area contributed by atoms with Gasteiger partial charge in [0, 0.05) is 33.7 Å². The Hall–Kier alpha value is -6.52. The Labute approximate surface area is 446 Å². The highest BCUT2D eigenvalue weighted by Gasteiger charge is 2.51. The third-order valence-corrected chi connectivity index (χ3v) is 20.0. The lowest BCUT2D eigenvalue weighted by Gasteiger charge is -2.47. The first-order chi connectivity index (χ1) is 35.5. The van der Waals surface area contributed by atoms with Gasteiger partial charge in [-0.05, 0) is 210 Å². The minimum absolute atomic E-state index is 0.000539. The fourth-order valence-corrected chi connectivity index (χ4v) is 15.0. The summed E-state index contributed by atoms with van der Waals surface area (Å²) in [5, 5.41) is 6.24. The summed E-state index contributed by atoms with van der Waals surface area (Å²) in [5.74, 6) is 0. The van der Waals surface area contributed by atoms with Crippen molar-refractivity contribution in [2.24, 2.45) is 0 Å². The van der Waals surface area contributed by atoms with Crippen molar-refractivity contribution in [3.05, 3.63) is 172 Å². The fraction of sp³-hybridized carbons (Fsp3) is 0.352. The van der Waals surface area contributed by atoms with E-state index in [4.69, 9.17) is 4.42 Å². The second-order valence-electron chi connectivity index (χ2n) is 27.8. The molecule has 0 amide bonds. The maximum Gasteiger partial charge on any atom is 0.297 e. The lowest BCUT2D eigenvalue weighted by atomic mass is 9.35. The lowest BCUT2D eigenvalue weighted by molar-refractivity contribution is 0.332. The van der Waals surface area contributed by atoms with Crippen LogP contribution in [0.4, 0.5) is 34.1 Å². The van der Waals surface area contributed by atoms with Gasteiger partial charge < -0.3 is 14.2 Å². The van der Waals surface area contributed by atoms with Gasteiger partial charge in [0.25, 0.3) is 6.71 Å². The molecule has 0 saturated carbocycles. The monoisotopic (exact) mass is 981 g/mol. The third-order valence-electron chi connectivity index (χ3n) is 20.0. The molecule has 0 atom stereocenters. The highest BCUT2D eigenvalue weighted by Crippen LogP contribution is 2.56. The van der Waals surface area contributed by atoms with E-state index in [1.165, 1.54) is 116 Å². The SMILES string of the molecule is Cc1cc2c3c(c1)N(c1ccc4ccc5ccccc5c4c1)c1c(oc4cc5c(cc14)C(C)(C)CCC5(C)C)B3c1cc3c(cc1N2c1cc2c(cc1-c1ccccc1)C(C)(C)CCC2(C)C)C(C)(C)CCC3(C)C. The van der Waals surface area contributed by atoms with Gasteiger partial charge in [-0.2, -0.15) is 0 Å². The molecule has 14 rings (SSSR count). The van der Waals surface area contributed by atoms with E-state index in [-0.39, 0.29) is 39.2 Å². The van der Waals surface area contributed by atoms with Gasteiger partial charge in [-0.25, -0.2) is 0 Å². The van der Waals surface area contributed by atoms with E-state index in [9.17, 15) is 0 Å². The van der Waals surface area contributed by atoms with Crippen LogP contribution >= 0.6 is 0 Å². The summed E-state index contributed by atoms with van der Waals surface area (Å²) in [7, 11) is 0. The second-order valence-corrected chi connectivity index (χ2v) is 27.8. The van der Waals surface area contributed by atoms with Gasteiger partial charge in [0.2, 0.25) is 0 Å². The van der Waals surface area contributed by atoms with Gasteiger partial charge in [-0.15, -0.1) is 0 Å². The Morgan fingerprint density at radius 1 is 0.413 bits per heavy atom. The number of furan rings is 1. The number of hydrogen-bond acceptors (Lipinski definition) is 3. The number of nitrogens with zero attached hydrogens (tertiary/aromatic N) is 2. The molecule has 2 aliphatic heterocycles. The van der Waals surface area contributed by atoms with Crippen LogP contribution in [0, 0.1) is 6.92 Å². The first-order valence-electron chi connectivity index (χ1n) is 28.2. The molecule has 8 aromatic carbocycles. The van der Waals surface area contributed by atoms with Crippen molar-refractivity contribution in [1.29, 1.82) is 0 Å². The maximum absolute atomic E-state index is 7.80. The highest BCUT2D eigenvalue weighted by atomic mass is 16.3. The molecule has 0 bridgehead atoms. The van der Waals surface area contributed by atoms with Crippen LogP contribution in [0.15, 0.2) is 138 Å². The van der Waals surface area contributed by atoms with E-state index < -0.39 is 0 Å². The molecule has 1 aromatic heterocycles. The number of benzene rings is 8. The molecule has 9 aromatic rings. The summed E-state index contributed by atoms with van der Waals surface area (Å²) in [6.07, 6.45) is 6.90. The Morgan fingerprint density at radius 3 is 1.53 bits per heavy atom. The van der Waals surface area contributed by atoms with Gasteiger partial charge in [0.05, 0.1) is 17.0 Å². The van der Waals surface area contributed by atoms with E-state index in [0.29, 0.717) is 0 Å². The summed E-state index contributed by atoms with van der Waals surface area (Å²) in [4.78, 5) is 5.36. The molecule has 75 heavy (non-hydrogen) atoms. The predicted molar refractivity (Wildman–Crippen MR) is 321 cm³/mol. The molecule has 3 heterocycles. The van der Waals surface area contributed by atoms with Crippen LogP contribution in [0.3, 0.4) is 0 Å². The summed E-state index contributed by atoms with van der Waals surface area (Å²) < 4.78 is 7.80. The van der Waals surface area contributed by atoms with Gasteiger partial charge in [-0.1, -0.05) is 162 Å². The van der Waals surface area contributed by atoms with E-state index in [0.717, 1.165) is 55.5 Å². The average molecular weight is 981 g/mol. The first-order valence-corrected chi connectivity index (χ1v) is 28.2. The molecular weight excluding hydrogens is 908 g/mol. The first kappa shape index (κ1) is 47.0. The zero-order valence-electron chi connectivity index (χ0n) is 46.8. The van der Waals surface area contributed by atoms with Crippen LogP contribution < -0.4 is 26.4 Å². The van der Waals surface area contributed by atoms with Crippen molar-refractivity contribution in [2.75, 3.05) is 9.80 Å². The molecule has 0 saturated heterocycles. The van der Waals surface area contributed by atoms with Crippen LogP contribution in [0.2, 0.25) is 0 Å². The Bertz CT molecular complexity index is 3940. The van der Waals surface area contributed by atoms with Gasteiger partial charge >= 0.3 is 0 Å². The van der Waals surface area contributed by atoms with Crippen molar-refractivity contribution >= 4 is 89.9 Å². The van der Waals surface area contributed by atoms with Crippen molar-refractivity contribution in [3.8, 4) is 11.1 Å². The van der Waals surface area contributed by atoms with Crippen LogP contribution in [-0.4, -0.2) is 6.71 Å². The van der Waals surface area contributed by atoms with Gasteiger partial charge in [0.1, 0.15) is 5.58 Å². The zero-order valence-corrected chi connectivity index (χ0v) is 46.8.